The monoisotopic (exact) mass is 336 g/mol. The quantitative estimate of drug-likeness (QED) is 0.735. The summed E-state index contributed by atoms with van der Waals surface area (Å²) in [6.07, 6.45) is 4.61. The number of hydrogen-bond donors (Lipinski definition) is 0. The van der Waals surface area contributed by atoms with Crippen molar-refractivity contribution in [2.75, 3.05) is 13.6 Å². The lowest BCUT2D eigenvalue weighted by molar-refractivity contribution is 0.0798. The van der Waals surface area contributed by atoms with Crippen LogP contribution in [0.5, 0.6) is 0 Å². The molecule has 0 aliphatic carbocycles. The molecule has 0 saturated heterocycles. The molecule has 25 heavy (non-hydrogen) atoms. The second kappa shape index (κ2) is 6.67. The molecule has 1 aromatic carbocycles. The molecule has 2 aromatic heterocycles. The van der Waals surface area contributed by atoms with Crippen LogP contribution in [0, 0.1) is 20.8 Å². The van der Waals surface area contributed by atoms with Crippen molar-refractivity contribution < 1.29 is 4.79 Å². The third kappa shape index (κ3) is 3.40. The fourth-order valence-corrected chi connectivity index (χ4v) is 3.04. The topological polar surface area (TPSA) is 51.0 Å². The first-order valence-electron chi connectivity index (χ1n) is 8.47. The number of amides is 1. The Morgan fingerprint density at radius 1 is 1.24 bits per heavy atom. The Morgan fingerprint density at radius 2 is 2.00 bits per heavy atom. The van der Waals surface area contributed by atoms with Gasteiger partial charge in [-0.2, -0.15) is 5.10 Å². The minimum absolute atomic E-state index is 0.0302. The Bertz CT molecular complexity index is 942. The molecule has 0 unspecified atom stereocenters. The van der Waals surface area contributed by atoms with Gasteiger partial charge in [0.1, 0.15) is 0 Å². The van der Waals surface area contributed by atoms with Crippen LogP contribution in [0.15, 0.2) is 30.6 Å². The Morgan fingerprint density at radius 3 is 2.68 bits per heavy atom. The number of carbonyl (C=O) groups excluding carboxylic acids is 1. The van der Waals surface area contributed by atoms with E-state index in [1.54, 1.807) is 9.58 Å². The van der Waals surface area contributed by atoms with Gasteiger partial charge in [-0.25, -0.2) is 0 Å². The molecule has 1 amide bonds. The Kier molecular flexibility index (Phi) is 4.57. The molecular weight excluding hydrogens is 312 g/mol. The number of aryl methyl sites for hydroxylation is 4. The van der Waals surface area contributed by atoms with E-state index in [2.05, 4.69) is 30.0 Å². The molecule has 0 saturated carbocycles. The van der Waals surface area contributed by atoms with E-state index >= 15 is 0 Å². The summed E-state index contributed by atoms with van der Waals surface area (Å²) < 4.78 is 1.78. The first-order chi connectivity index (χ1) is 11.9. The number of aromatic nitrogens is 3. The van der Waals surface area contributed by atoms with E-state index in [0.29, 0.717) is 6.54 Å². The second-order valence-corrected chi connectivity index (χ2v) is 6.71. The van der Waals surface area contributed by atoms with Gasteiger partial charge in [-0.3, -0.25) is 14.5 Å². The van der Waals surface area contributed by atoms with E-state index in [0.717, 1.165) is 39.7 Å². The summed E-state index contributed by atoms with van der Waals surface area (Å²) in [5.74, 6) is 0.0302. The van der Waals surface area contributed by atoms with Gasteiger partial charge in [0.15, 0.2) is 0 Å². The highest BCUT2D eigenvalue weighted by atomic mass is 16.2. The number of fused-ring (bicyclic) bond motifs is 1. The summed E-state index contributed by atoms with van der Waals surface area (Å²) >= 11 is 0. The molecule has 5 nitrogen and oxygen atoms in total. The molecule has 3 aromatic rings. The van der Waals surface area contributed by atoms with Crippen molar-refractivity contribution in [1.29, 1.82) is 0 Å². The summed E-state index contributed by atoms with van der Waals surface area (Å²) in [7, 11) is 3.75. The number of benzene rings is 1. The van der Waals surface area contributed by atoms with Crippen LogP contribution < -0.4 is 0 Å². The number of likely N-dealkylation sites (N-methyl/N-ethyl adjacent to an activating group) is 1. The van der Waals surface area contributed by atoms with Crippen LogP contribution in [-0.2, 0) is 13.5 Å². The summed E-state index contributed by atoms with van der Waals surface area (Å²) in [6.45, 7) is 6.72. The molecule has 0 radical (unpaired) electrons. The molecule has 0 bridgehead atoms. The molecule has 130 valence electrons. The van der Waals surface area contributed by atoms with E-state index in [1.807, 2.05) is 45.5 Å². The Balaban J connectivity index is 1.89. The van der Waals surface area contributed by atoms with Gasteiger partial charge in [0.25, 0.3) is 5.91 Å². The summed E-state index contributed by atoms with van der Waals surface area (Å²) in [6, 6.07) is 5.95. The van der Waals surface area contributed by atoms with Crippen LogP contribution in [-0.4, -0.2) is 39.2 Å². The molecule has 0 atom stereocenters. The van der Waals surface area contributed by atoms with Crippen molar-refractivity contribution in [2.45, 2.75) is 27.2 Å². The van der Waals surface area contributed by atoms with Gasteiger partial charge >= 0.3 is 0 Å². The first kappa shape index (κ1) is 17.1. The van der Waals surface area contributed by atoms with Crippen molar-refractivity contribution in [3.8, 4) is 0 Å². The molecule has 0 fully saturated rings. The van der Waals surface area contributed by atoms with Gasteiger partial charge in [-0.05, 0) is 49.9 Å². The van der Waals surface area contributed by atoms with Crippen molar-refractivity contribution in [3.63, 3.8) is 0 Å². The molecule has 2 heterocycles. The summed E-state index contributed by atoms with van der Waals surface area (Å²) in [5, 5.41) is 5.10. The zero-order chi connectivity index (χ0) is 18.1. The highest BCUT2D eigenvalue weighted by Gasteiger charge is 2.17. The average molecular weight is 336 g/mol. The van der Waals surface area contributed by atoms with Crippen LogP contribution in [0.2, 0.25) is 0 Å². The van der Waals surface area contributed by atoms with Crippen LogP contribution in [0.1, 0.15) is 32.7 Å². The third-order valence-electron chi connectivity index (χ3n) is 4.70. The molecule has 3 rings (SSSR count). The number of rotatable bonds is 4. The van der Waals surface area contributed by atoms with Crippen LogP contribution in [0.4, 0.5) is 0 Å². The SMILES string of the molecule is Cc1cc(C(=O)N(C)CCc2cnn(C)c2)c2ccc(C)c(C)c2n1. The van der Waals surface area contributed by atoms with E-state index in [1.165, 1.54) is 5.56 Å². The normalized spacial score (nSPS) is 11.1. The molecule has 0 N–H and O–H groups in total. The maximum absolute atomic E-state index is 13.0. The zero-order valence-corrected chi connectivity index (χ0v) is 15.5. The third-order valence-corrected chi connectivity index (χ3v) is 4.70. The smallest absolute Gasteiger partial charge is 0.254 e. The standard InChI is InChI=1S/C20H24N4O/c1-13-6-7-17-18(10-14(2)22-19(17)15(13)3)20(25)23(4)9-8-16-11-21-24(5)12-16/h6-7,10-12H,8-9H2,1-5H3. The number of pyridine rings is 1. The maximum atomic E-state index is 13.0. The minimum atomic E-state index is 0.0302. The predicted molar refractivity (Wildman–Crippen MR) is 99.8 cm³/mol. The number of carbonyl (C=O) groups is 1. The summed E-state index contributed by atoms with van der Waals surface area (Å²) in [5.41, 5.74) is 5.96. The Labute approximate surface area is 148 Å². The first-order valence-corrected chi connectivity index (χ1v) is 8.47. The highest BCUT2D eigenvalue weighted by molar-refractivity contribution is 6.06. The lowest BCUT2D eigenvalue weighted by atomic mass is 10.0. The van der Waals surface area contributed by atoms with Crippen molar-refractivity contribution >= 4 is 16.8 Å². The van der Waals surface area contributed by atoms with Crippen molar-refractivity contribution in [1.82, 2.24) is 19.7 Å². The second-order valence-electron chi connectivity index (χ2n) is 6.71. The van der Waals surface area contributed by atoms with E-state index in [4.69, 9.17) is 0 Å². The molecular formula is C20H24N4O. The van der Waals surface area contributed by atoms with Gasteiger partial charge in [0, 0.05) is 37.9 Å². The van der Waals surface area contributed by atoms with E-state index < -0.39 is 0 Å². The fraction of sp³-hybridized carbons (Fsp3) is 0.350. The van der Waals surface area contributed by atoms with Gasteiger partial charge in [0.2, 0.25) is 0 Å². The number of nitrogens with zero attached hydrogens (tertiary/aromatic N) is 4. The lowest BCUT2D eigenvalue weighted by Crippen LogP contribution is -2.29. The van der Waals surface area contributed by atoms with Crippen molar-refractivity contribution in [2.24, 2.45) is 7.05 Å². The molecule has 0 spiro atoms. The molecule has 5 heteroatoms. The van der Waals surface area contributed by atoms with Gasteiger partial charge < -0.3 is 4.90 Å². The van der Waals surface area contributed by atoms with Crippen LogP contribution in [0.25, 0.3) is 10.9 Å². The van der Waals surface area contributed by atoms with Crippen molar-refractivity contribution in [3.05, 3.63) is 58.5 Å². The number of hydrogen-bond acceptors (Lipinski definition) is 3. The highest BCUT2D eigenvalue weighted by Crippen LogP contribution is 2.24. The van der Waals surface area contributed by atoms with E-state index in [9.17, 15) is 4.79 Å². The fourth-order valence-electron chi connectivity index (χ4n) is 3.04. The van der Waals surface area contributed by atoms with Gasteiger partial charge in [0.05, 0.1) is 17.3 Å². The van der Waals surface area contributed by atoms with E-state index in [-0.39, 0.29) is 5.91 Å². The van der Waals surface area contributed by atoms with Crippen LogP contribution in [0.3, 0.4) is 0 Å². The van der Waals surface area contributed by atoms with Gasteiger partial charge in [-0.1, -0.05) is 12.1 Å². The lowest BCUT2D eigenvalue weighted by Gasteiger charge is -2.19. The summed E-state index contributed by atoms with van der Waals surface area (Å²) in [4.78, 5) is 19.4. The maximum Gasteiger partial charge on any atom is 0.254 e. The van der Waals surface area contributed by atoms with Gasteiger partial charge in [-0.15, -0.1) is 0 Å². The molecule has 0 aliphatic heterocycles. The van der Waals surface area contributed by atoms with Crippen LogP contribution >= 0.6 is 0 Å². The predicted octanol–water partition coefficient (Wildman–Crippen LogP) is 3.21. The Hall–Kier alpha value is -2.69. The minimum Gasteiger partial charge on any atom is -0.341 e. The molecule has 0 aliphatic rings. The largest absolute Gasteiger partial charge is 0.341 e. The average Bonchev–Trinajstić information content (AvgIpc) is 3.00. The zero-order valence-electron chi connectivity index (χ0n) is 15.5.